The topological polar surface area (TPSA) is 95.6 Å². The van der Waals surface area contributed by atoms with Crippen LogP contribution >= 0.6 is 0 Å². The van der Waals surface area contributed by atoms with Crippen molar-refractivity contribution >= 4 is 5.91 Å². The summed E-state index contributed by atoms with van der Waals surface area (Å²) in [7, 11) is 0. The van der Waals surface area contributed by atoms with E-state index in [2.05, 4.69) is 12.2 Å². The van der Waals surface area contributed by atoms with Crippen LogP contribution in [0.15, 0.2) is 18.2 Å². The van der Waals surface area contributed by atoms with Crippen molar-refractivity contribution in [3.63, 3.8) is 0 Å². The molecule has 1 aliphatic rings. The smallest absolute Gasteiger partial charge is 0.255 e. The molecule has 20 heavy (non-hydrogen) atoms. The molecule has 0 heterocycles. The molecular weight excluding hydrogens is 256 g/mol. The Balaban J connectivity index is 2.16. The number of carbonyl (C=O) groups excluding carboxylic acids is 1. The Hall–Kier alpha value is -1.75. The number of phenolic OH excluding ortho intramolecular Hbond substituents is 2. The van der Waals surface area contributed by atoms with E-state index in [9.17, 15) is 15.0 Å². The lowest BCUT2D eigenvalue weighted by atomic mass is 9.76. The van der Waals surface area contributed by atoms with Crippen molar-refractivity contribution in [2.45, 2.75) is 38.1 Å². The second kappa shape index (κ2) is 5.71. The molecule has 5 nitrogen and oxygen atoms in total. The van der Waals surface area contributed by atoms with Crippen molar-refractivity contribution in [2.75, 3.05) is 6.54 Å². The van der Waals surface area contributed by atoms with E-state index in [-0.39, 0.29) is 28.5 Å². The SMILES string of the molecule is CC1CCCC(CN)(NC(=O)c2ccc(O)cc2O)C1. The standard InChI is InChI=1S/C15H22N2O3/c1-10-3-2-6-15(8-10,9-16)17-14(20)12-5-4-11(18)7-13(12)19/h4-5,7,10,18-19H,2-3,6,8-9,16H2,1H3,(H,17,20). The van der Waals surface area contributed by atoms with E-state index in [1.165, 1.54) is 12.1 Å². The summed E-state index contributed by atoms with van der Waals surface area (Å²) in [5, 5.41) is 22.0. The van der Waals surface area contributed by atoms with Crippen LogP contribution in [-0.4, -0.2) is 28.2 Å². The zero-order valence-electron chi connectivity index (χ0n) is 11.7. The molecule has 0 aliphatic heterocycles. The predicted octanol–water partition coefficient (Wildman–Crippen LogP) is 1.74. The van der Waals surface area contributed by atoms with Gasteiger partial charge in [-0.15, -0.1) is 0 Å². The van der Waals surface area contributed by atoms with E-state index >= 15 is 0 Å². The molecule has 1 aromatic carbocycles. The van der Waals surface area contributed by atoms with Crippen molar-refractivity contribution in [1.82, 2.24) is 5.32 Å². The number of rotatable bonds is 3. The number of aromatic hydroxyl groups is 2. The number of carbonyl (C=O) groups is 1. The average molecular weight is 278 g/mol. The van der Waals surface area contributed by atoms with E-state index in [4.69, 9.17) is 5.73 Å². The van der Waals surface area contributed by atoms with Gasteiger partial charge in [-0.3, -0.25) is 4.79 Å². The summed E-state index contributed by atoms with van der Waals surface area (Å²) >= 11 is 0. The minimum absolute atomic E-state index is 0.0705. The zero-order valence-corrected chi connectivity index (χ0v) is 11.7. The Kier molecular flexibility index (Phi) is 4.18. The van der Waals surface area contributed by atoms with Gasteiger partial charge in [0.25, 0.3) is 5.91 Å². The molecule has 0 saturated heterocycles. The molecule has 2 unspecified atom stereocenters. The molecule has 5 N–H and O–H groups in total. The van der Waals surface area contributed by atoms with Gasteiger partial charge >= 0.3 is 0 Å². The highest BCUT2D eigenvalue weighted by Gasteiger charge is 2.35. The number of hydrogen-bond acceptors (Lipinski definition) is 4. The van der Waals surface area contributed by atoms with Crippen LogP contribution in [0.5, 0.6) is 11.5 Å². The second-order valence-corrected chi connectivity index (χ2v) is 5.84. The van der Waals surface area contributed by atoms with Crippen molar-refractivity contribution in [2.24, 2.45) is 11.7 Å². The van der Waals surface area contributed by atoms with Crippen molar-refractivity contribution in [1.29, 1.82) is 0 Å². The summed E-state index contributed by atoms with van der Waals surface area (Å²) in [5.74, 6) is -0.111. The molecule has 0 radical (unpaired) electrons. The third-order valence-electron chi connectivity index (χ3n) is 4.09. The van der Waals surface area contributed by atoms with Gasteiger partial charge in [0.05, 0.1) is 11.1 Å². The van der Waals surface area contributed by atoms with Gasteiger partial charge in [-0.2, -0.15) is 0 Å². The quantitative estimate of drug-likeness (QED) is 0.677. The molecule has 0 bridgehead atoms. The molecule has 1 aliphatic carbocycles. The van der Waals surface area contributed by atoms with Gasteiger partial charge in [-0.1, -0.05) is 19.8 Å². The lowest BCUT2D eigenvalue weighted by Crippen LogP contribution is -2.56. The van der Waals surface area contributed by atoms with Gasteiger partial charge in [0, 0.05) is 12.6 Å². The first-order chi connectivity index (χ1) is 9.46. The molecule has 0 aromatic heterocycles. The van der Waals surface area contributed by atoms with Gasteiger partial charge in [0.15, 0.2) is 0 Å². The fraction of sp³-hybridized carbons (Fsp3) is 0.533. The van der Waals surface area contributed by atoms with E-state index in [1.807, 2.05) is 0 Å². The number of nitrogens with one attached hydrogen (secondary N) is 1. The highest BCUT2D eigenvalue weighted by molar-refractivity contribution is 5.97. The Bertz CT molecular complexity index is 504. The number of hydrogen-bond donors (Lipinski definition) is 4. The van der Waals surface area contributed by atoms with E-state index < -0.39 is 0 Å². The molecule has 1 aromatic rings. The predicted molar refractivity (Wildman–Crippen MR) is 76.7 cm³/mol. The number of benzene rings is 1. The lowest BCUT2D eigenvalue weighted by Gasteiger charge is -2.40. The minimum Gasteiger partial charge on any atom is -0.508 e. The molecule has 0 spiro atoms. The van der Waals surface area contributed by atoms with Gasteiger partial charge < -0.3 is 21.3 Å². The van der Waals surface area contributed by atoms with Crippen LogP contribution in [-0.2, 0) is 0 Å². The van der Waals surface area contributed by atoms with Crippen LogP contribution in [0.2, 0.25) is 0 Å². The Labute approximate surface area is 118 Å². The fourth-order valence-electron chi connectivity index (χ4n) is 3.03. The largest absolute Gasteiger partial charge is 0.508 e. The third-order valence-corrected chi connectivity index (χ3v) is 4.09. The normalized spacial score (nSPS) is 26.2. The van der Waals surface area contributed by atoms with Gasteiger partial charge in [-0.25, -0.2) is 0 Å². The summed E-state index contributed by atoms with van der Waals surface area (Å²) < 4.78 is 0. The Morgan fingerprint density at radius 2 is 2.25 bits per heavy atom. The first-order valence-corrected chi connectivity index (χ1v) is 7.00. The van der Waals surface area contributed by atoms with Crippen LogP contribution in [0, 0.1) is 5.92 Å². The van der Waals surface area contributed by atoms with Crippen LogP contribution in [0.1, 0.15) is 43.0 Å². The first-order valence-electron chi connectivity index (χ1n) is 7.00. The maximum absolute atomic E-state index is 12.3. The fourth-order valence-corrected chi connectivity index (χ4v) is 3.03. The van der Waals surface area contributed by atoms with Crippen LogP contribution in [0.25, 0.3) is 0 Å². The van der Waals surface area contributed by atoms with E-state index in [0.717, 1.165) is 31.7 Å². The molecule has 2 atom stereocenters. The summed E-state index contributed by atoms with van der Waals surface area (Å²) in [5.41, 5.74) is 5.64. The maximum atomic E-state index is 12.3. The summed E-state index contributed by atoms with van der Waals surface area (Å²) in [6, 6.07) is 3.96. The van der Waals surface area contributed by atoms with Crippen LogP contribution in [0.4, 0.5) is 0 Å². The molecule has 1 fully saturated rings. The molecule has 110 valence electrons. The molecule has 5 heteroatoms. The monoisotopic (exact) mass is 278 g/mol. The number of nitrogens with two attached hydrogens (primary N) is 1. The highest BCUT2D eigenvalue weighted by Crippen LogP contribution is 2.32. The zero-order chi connectivity index (χ0) is 14.8. The lowest BCUT2D eigenvalue weighted by molar-refractivity contribution is 0.0851. The van der Waals surface area contributed by atoms with Gasteiger partial charge in [0.2, 0.25) is 0 Å². The Morgan fingerprint density at radius 1 is 1.50 bits per heavy atom. The molecular formula is C15H22N2O3. The van der Waals surface area contributed by atoms with Crippen molar-refractivity contribution < 1.29 is 15.0 Å². The molecule has 2 rings (SSSR count). The summed E-state index contributed by atoms with van der Waals surface area (Å²) in [6.07, 6.45) is 3.91. The van der Waals surface area contributed by atoms with Gasteiger partial charge in [-0.05, 0) is 30.9 Å². The summed E-state index contributed by atoms with van der Waals surface area (Å²) in [4.78, 5) is 12.3. The molecule has 1 amide bonds. The van der Waals surface area contributed by atoms with Crippen molar-refractivity contribution in [3.05, 3.63) is 23.8 Å². The second-order valence-electron chi connectivity index (χ2n) is 5.84. The number of phenols is 2. The number of amides is 1. The third kappa shape index (κ3) is 3.04. The van der Waals surface area contributed by atoms with Gasteiger partial charge in [0.1, 0.15) is 11.5 Å². The maximum Gasteiger partial charge on any atom is 0.255 e. The summed E-state index contributed by atoms with van der Waals surface area (Å²) in [6.45, 7) is 2.55. The first kappa shape index (κ1) is 14.7. The Morgan fingerprint density at radius 3 is 2.85 bits per heavy atom. The van der Waals surface area contributed by atoms with E-state index in [1.54, 1.807) is 0 Å². The van der Waals surface area contributed by atoms with E-state index in [0.29, 0.717) is 12.5 Å². The highest BCUT2D eigenvalue weighted by atomic mass is 16.3. The average Bonchev–Trinajstić information content (AvgIpc) is 2.38. The minimum atomic E-state index is -0.390. The van der Waals surface area contributed by atoms with Crippen LogP contribution in [0.3, 0.4) is 0 Å². The molecule has 1 saturated carbocycles. The van der Waals surface area contributed by atoms with Crippen LogP contribution < -0.4 is 11.1 Å². The van der Waals surface area contributed by atoms with Crippen molar-refractivity contribution in [3.8, 4) is 11.5 Å².